The highest BCUT2D eigenvalue weighted by Gasteiger charge is 2.51. The maximum Gasteiger partial charge on any atom is 0.494 e. The van der Waals surface area contributed by atoms with Gasteiger partial charge in [-0.25, -0.2) is 0 Å². The molecule has 1 fully saturated rings. The maximum atomic E-state index is 6.08. The van der Waals surface area contributed by atoms with E-state index in [1.54, 1.807) is 0 Å². The molecule has 2 aromatic carbocycles. The fraction of sp³-hybridized carbons (Fsp3) is 0.300. The molecule has 0 aromatic heterocycles. The van der Waals surface area contributed by atoms with E-state index in [0.29, 0.717) is 0 Å². The molecule has 0 bridgehead atoms. The van der Waals surface area contributed by atoms with Crippen molar-refractivity contribution in [1.29, 1.82) is 0 Å². The number of hydrogen-bond donors (Lipinski definition) is 0. The normalized spacial score (nSPS) is 19.4. The van der Waals surface area contributed by atoms with Crippen LogP contribution in [0, 0.1) is 0 Å². The van der Waals surface area contributed by atoms with Gasteiger partial charge in [-0.1, -0.05) is 66.7 Å². The quantitative estimate of drug-likeness (QED) is 0.626. The number of rotatable bonds is 3. The third-order valence-electron chi connectivity index (χ3n) is 4.73. The molecule has 2 aromatic rings. The van der Waals surface area contributed by atoms with Gasteiger partial charge in [-0.05, 0) is 44.3 Å². The van der Waals surface area contributed by atoms with Gasteiger partial charge in [0, 0.05) is 0 Å². The second kappa shape index (κ2) is 5.99. The number of hydrogen-bond acceptors (Lipinski definition) is 2. The first-order valence-corrected chi connectivity index (χ1v) is 8.06. The van der Waals surface area contributed by atoms with E-state index in [-0.39, 0.29) is 18.3 Å². The molecule has 0 radical (unpaired) electrons. The van der Waals surface area contributed by atoms with Crippen molar-refractivity contribution in [2.45, 2.75) is 38.9 Å². The van der Waals surface area contributed by atoms with Crippen molar-refractivity contribution in [1.82, 2.24) is 0 Å². The van der Waals surface area contributed by atoms with Gasteiger partial charge in [0.25, 0.3) is 0 Å². The zero-order valence-corrected chi connectivity index (χ0v) is 14.2. The molecule has 0 amide bonds. The monoisotopic (exact) mass is 306 g/mol. The van der Waals surface area contributed by atoms with Gasteiger partial charge in [0.15, 0.2) is 0 Å². The summed E-state index contributed by atoms with van der Waals surface area (Å²) in [7, 11) is -0.299. The summed E-state index contributed by atoms with van der Waals surface area (Å²) in [5.41, 5.74) is 2.81. The van der Waals surface area contributed by atoms with Crippen molar-refractivity contribution in [3.8, 4) is 0 Å². The smallest absolute Gasteiger partial charge is 0.399 e. The summed E-state index contributed by atoms with van der Waals surface area (Å²) in [5.74, 6) is 0. The van der Waals surface area contributed by atoms with Gasteiger partial charge < -0.3 is 9.31 Å². The average molecular weight is 306 g/mol. The van der Waals surface area contributed by atoms with Crippen LogP contribution in [0.15, 0.2) is 54.6 Å². The second-order valence-electron chi connectivity index (χ2n) is 7.00. The van der Waals surface area contributed by atoms with Crippen molar-refractivity contribution >= 4 is 24.7 Å². The Hall–Kier alpha value is -1.84. The van der Waals surface area contributed by atoms with Crippen LogP contribution in [0.4, 0.5) is 0 Å². The van der Waals surface area contributed by atoms with E-state index in [9.17, 15) is 0 Å². The van der Waals surface area contributed by atoms with Gasteiger partial charge in [0.2, 0.25) is 0 Å². The predicted molar refractivity (Wildman–Crippen MR) is 97.5 cm³/mol. The lowest BCUT2D eigenvalue weighted by molar-refractivity contribution is 0.00578. The summed E-state index contributed by atoms with van der Waals surface area (Å²) in [6.07, 6.45) is 4.23. The van der Waals surface area contributed by atoms with Gasteiger partial charge in [-0.15, -0.1) is 0 Å². The van der Waals surface area contributed by atoms with Crippen LogP contribution in [0.1, 0.15) is 38.8 Å². The first-order chi connectivity index (χ1) is 10.9. The second-order valence-corrected chi connectivity index (χ2v) is 7.00. The van der Waals surface area contributed by atoms with Crippen LogP contribution in [0.3, 0.4) is 0 Å². The SMILES string of the molecule is CC1(C)OB(c2ccc(/C=C/c3ccccc3)cc2)OC1(C)C. The van der Waals surface area contributed by atoms with Crippen LogP contribution in [0.5, 0.6) is 0 Å². The summed E-state index contributed by atoms with van der Waals surface area (Å²) in [6, 6.07) is 18.6. The topological polar surface area (TPSA) is 18.5 Å². The highest BCUT2D eigenvalue weighted by molar-refractivity contribution is 6.62. The molecule has 2 nitrogen and oxygen atoms in total. The van der Waals surface area contributed by atoms with E-state index in [2.05, 4.69) is 76.2 Å². The molecule has 3 rings (SSSR count). The lowest BCUT2D eigenvalue weighted by atomic mass is 9.79. The van der Waals surface area contributed by atoms with E-state index >= 15 is 0 Å². The van der Waals surface area contributed by atoms with E-state index in [4.69, 9.17) is 9.31 Å². The Morgan fingerprint density at radius 2 is 1.17 bits per heavy atom. The third kappa shape index (κ3) is 3.41. The Balaban J connectivity index is 1.72. The van der Waals surface area contributed by atoms with Crippen molar-refractivity contribution in [3.63, 3.8) is 0 Å². The summed E-state index contributed by atoms with van der Waals surface area (Å²) < 4.78 is 12.2. The van der Waals surface area contributed by atoms with Crippen molar-refractivity contribution in [3.05, 3.63) is 65.7 Å². The van der Waals surface area contributed by atoms with Crippen molar-refractivity contribution in [2.24, 2.45) is 0 Å². The Bertz CT molecular complexity index is 671. The molecule has 1 aliphatic heterocycles. The zero-order chi connectivity index (χ0) is 16.5. The summed E-state index contributed by atoms with van der Waals surface area (Å²) in [6.45, 7) is 8.29. The fourth-order valence-corrected chi connectivity index (χ4v) is 2.50. The van der Waals surface area contributed by atoms with E-state index in [1.807, 2.05) is 18.2 Å². The lowest BCUT2D eigenvalue weighted by Crippen LogP contribution is -2.41. The average Bonchev–Trinajstić information content (AvgIpc) is 2.75. The first kappa shape index (κ1) is 16.0. The predicted octanol–water partition coefficient (Wildman–Crippen LogP) is 4.16. The minimum atomic E-state index is -0.302. The van der Waals surface area contributed by atoms with Crippen LogP contribution in [0.25, 0.3) is 12.2 Å². The van der Waals surface area contributed by atoms with Crippen molar-refractivity contribution in [2.75, 3.05) is 0 Å². The van der Waals surface area contributed by atoms with Crippen LogP contribution >= 0.6 is 0 Å². The standard InChI is InChI=1S/C20H23BO2/c1-19(2)20(3,4)23-21(22-19)18-14-12-17(13-15-18)11-10-16-8-6-5-7-9-16/h5-15H,1-4H3/b11-10+. The van der Waals surface area contributed by atoms with Crippen LogP contribution in [-0.4, -0.2) is 18.3 Å². The zero-order valence-electron chi connectivity index (χ0n) is 14.2. The molecule has 0 unspecified atom stereocenters. The molecule has 1 saturated heterocycles. The molecule has 0 N–H and O–H groups in total. The molecule has 0 saturated carbocycles. The summed E-state index contributed by atoms with van der Waals surface area (Å²) >= 11 is 0. The molecule has 23 heavy (non-hydrogen) atoms. The van der Waals surface area contributed by atoms with Gasteiger partial charge in [0.05, 0.1) is 11.2 Å². The highest BCUT2D eigenvalue weighted by Crippen LogP contribution is 2.36. The van der Waals surface area contributed by atoms with Crippen LogP contribution < -0.4 is 5.46 Å². The van der Waals surface area contributed by atoms with E-state index in [0.717, 1.165) is 11.0 Å². The molecular weight excluding hydrogens is 283 g/mol. The molecular formula is C20H23BO2. The van der Waals surface area contributed by atoms with Gasteiger partial charge in [-0.2, -0.15) is 0 Å². The van der Waals surface area contributed by atoms with E-state index < -0.39 is 0 Å². The first-order valence-electron chi connectivity index (χ1n) is 8.06. The Morgan fingerprint density at radius 3 is 1.70 bits per heavy atom. The molecule has 1 aliphatic rings. The van der Waals surface area contributed by atoms with Crippen LogP contribution in [0.2, 0.25) is 0 Å². The fourth-order valence-electron chi connectivity index (χ4n) is 2.50. The molecule has 0 aliphatic carbocycles. The summed E-state index contributed by atoms with van der Waals surface area (Å²) in [5, 5.41) is 0. The highest BCUT2D eigenvalue weighted by atomic mass is 16.7. The molecule has 3 heteroatoms. The van der Waals surface area contributed by atoms with Gasteiger partial charge in [-0.3, -0.25) is 0 Å². The van der Waals surface area contributed by atoms with E-state index in [1.165, 1.54) is 5.56 Å². The maximum absolute atomic E-state index is 6.08. The van der Waals surface area contributed by atoms with Crippen LogP contribution in [-0.2, 0) is 9.31 Å². The molecule has 1 heterocycles. The molecule has 118 valence electrons. The van der Waals surface area contributed by atoms with Crippen molar-refractivity contribution < 1.29 is 9.31 Å². The largest absolute Gasteiger partial charge is 0.494 e. The minimum absolute atomic E-state index is 0.299. The number of benzene rings is 2. The Labute approximate surface area is 139 Å². The van der Waals surface area contributed by atoms with Gasteiger partial charge in [0.1, 0.15) is 0 Å². The molecule has 0 spiro atoms. The Morgan fingerprint density at radius 1 is 0.696 bits per heavy atom. The van der Waals surface area contributed by atoms with Gasteiger partial charge >= 0.3 is 7.12 Å². The Kier molecular flexibility index (Phi) is 4.18. The summed E-state index contributed by atoms with van der Waals surface area (Å²) in [4.78, 5) is 0. The minimum Gasteiger partial charge on any atom is -0.399 e. The molecule has 0 atom stereocenters. The lowest BCUT2D eigenvalue weighted by Gasteiger charge is -2.32. The third-order valence-corrected chi connectivity index (χ3v) is 4.73.